The normalized spacial score (nSPS) is 20.5. The van der Waals surface area contributed by atoms with E-state index >= 15 is 0 Å². The zero-order valence-corrected chi connectivity index (χ0v) is 22.3. The molecule has 5 rings (SSSR count). The molecule has 0 bridgehead atoms. The maximum absolute atomic E-state index is 13.9. The molecule has 3 N–H and O–H groups in total. The lowest BCUT2D eigenvalue weighted by molar-refractivity contribution is -0.140. The molecule has 1 aromatic carbocycles. The second kappa shape index (κ2) is 11.4. The van der Waals surface area contributed by atoms with E-state index < -0.39 is 5.41 Å². The summed E-state index contributed by atoms with van der Waals surface area (Å²) in [5.74, 6) is 1.23. The van der Waals surface area contributed by atoms with Gasteiger partial charge >= 0.3 is 0 Å². The van der Waals surface area contributed by atoms with Gasteiger partial charge in [0.25, 0.3) is 0 Å². The van der Waals surface area contributed by atoms with Crippen LogP contribution in [0.25, 0.3) is 0 Å². The van der Waals surface area contributed by atoms with Crippen molar-refractivity contribution in [2.75, 3.05) is 36.8 Å². The highest BCUT2D eigenvalue weighted by Crippen LogP contribution is 2.37. The van der Waals surface area contributed by atoms with Crippen LogP contribution in [0.4, 0.5) is 11.5 Å². The number of carbonyl (C=O) groups is 2. The Morgan fingerprint density at radius 2 is 1.79 bits per heavy atom. The molecule has 0 radical (unpaired) electrons. The van der Waals surface area contributed by atoms with Gasteiger partial charge in [-0.1, -0.05) is 48.6 Å². The van der Waals surface area contributed by atoms with Gasteiger partial charge in [0, 0.05) is 38.1 Å². The summed E-state index contributed by atoms with van der Waals surface area (Å²) >= 11 is 0. The van der Waals surface area contributed by atoms with E-state index in [1.165, 1.54) is 5.57 Å². The minimum Gasteiger partial charge on any atom is -0.397 e. The molecular formula is C31H39N5O2. The molecule has 0 unspecified atom stereocenters. The molecule has 2 saturated heterocycles. The van der Waals surface area contributed by atoms with Crippen molar-refractivity contribution in [3.63, 3.8) is 0 Å². The van der Waals surface area contributed by atoms with Gasteiger partial charge in [0.1, 0.15) is 5.82 Å². The number of carbonyl (C=O) groups excluding carboxylic acids is 2. The first-order chi connectivity index (χ1) is 18.5. The molecule has 2 fully saturated rings. The fourth-order valence-electron chi connectivity index (χ4n) is 6.12. The minimum atomic E-state index is -0.623. The standard InChI is InChI=1S/C31H39N5O2/c1-23(24-8-4-2-5-9-24)34-30(38)31(26-10-6-3-7-11-26)16-20-36(21-17-31)29(37)25-14-18-35(19-15-25)28-13-12-27(32)22-33-28/h2-4,6-8,10-13,22-23,25H,5,9,14-21,32H2,1H3,(H,34,38)/t23-/m0/s1. The van der Waals surface area contributed by atoms with E-state index in [1.54, 1.807) is 6.20 Å². The second-order valence-electron chi connectivity index (χ2n) is 10.9. The van der Waals surface area contributed by atoms with E-state index in [1.807, 2.05) is 35.2 Å². The SMILES string of the molecule is C[C@H](NC(=O)C1(c2ccccc2)CCN(C(=O)C2CCN(c3ccc(N)cn3)CC2)CC1)C1=CC=CCC1. The smallest absolute Gasteiger partial charge is 0.231 e. The Bertz CT molecular complexity index is 1170. The summed E-state index contributed by atoms with van der Waals surface area (Å²) in [5.41, 5.74) is 8.10. The number of pyridine rings is 1. The van der Waals surface area contributed by atoms with Crippen molar-refractivity contribution in [1.82, 2.24) is 15.2 Å². The Labute approximate surface area is 225 Å². The Balaban J connectivity index is 1.23. The lowest BCUT2D eigenvalue weighted by atomic mass is 9.71. The van der Waals surface area contributed by atoms with E-state index in [4.69, 9.17) is 5.73 Å². The highest BCUT2D eigenvalue weighted by molar-refractivity contribution is 5.89. The van der Waals surface area contributed by atoms with Gasteiger partial charge in [-0.25, -0.2) is 4.98 Å². The van der Waals surface area contributed by atoms with Crippen LogP contribution < -0.4 is 16.0 Å². The summed E-state index contributed by atoms with van der Waals surface area (Å²) in [6.07, 6.45) is 12.9. The summed E-state index contributed by atoms with van der Waals surface area (Å²) in [6.45, 7) is 4.88. The number of likely N-dealkylation sites (tertiary alicyclic amines) is 1. The number of nitrogens with one attached hydrogen (secondary N) is 1. The number of piperidine rings is 2. The maximum atomic E-state index is 13.9. The fraction of sp³-hybridized carbons (Fsp3) is 0.452. The lowest BCUT2D eigenvalue weighted by Crippen LogP contribution is -2.55. The van der Waals surface area contributed by atoms with Crippen LogP contribution in [-0.4, -0.2) is 53.9 Å². The molecule has 3 aliphatic rings. The number of hydrogen-bond acceptors (Lipinski definition) is 5. The lowest BCUT2D eigenvalue weighted by Gasteiger charge is -2.43. The van der Waals surface area contributed by atoms with E-state index in [0.717, 1.165) is 50.2 Å². The molecule has 2 aromatic rings. The Morgan fingerprint density at radius 1 is 1.05 bits per heavy atom. The van der Waals surface area contributed by atoms with Crippen LogP contribution in [0.3, 0.4) is 0 Å². The number of anilines is 2. The van der Waals surface area contributed by atoms with Gasteiger partial charge < -0.3 is 20.9 Å². The molecule has 1 aliphatic carbocycles. The van der Waals surface area contributed by atoms with E-state index in [0.29, 0.717) is 31.6 Å². The number of hydrogen-bond donors (Lipinski definition) is 2. The molecule has 200 valence electrons. The Kier molecular flexibility index (Phi) is 7.82. The summed E-state index contributed by atoms with van der Waals surface area (Å²) in [6, 6.07) is 13.9. The topological polar surface area (TPSA) is 91.6 Å². The van der Waals surface area contributed by atoms with Gasteiger partial charge in [-0.3, -0.25) is 9.59 Å². The summed E-state index contributed by atoms with van der Waals surface area (Å²) < 4.78 is 0. The Morgan fingerprint density at radius 3 is 2.42 bits per heavy atom. The third-order valence-electron chi connectivity index (χ3n) is 8.58. The molecule has 7 nitrogen and oxygen atoms in total. The molecule has 0 saturated carbocycles. The number of nitrogens with two attached hydrogens (primary N) is 1. The van der Waals surface area contributed by atoms with E-state index in [9.17, 15) is 9.59 Å². The number of amides is 2. The summed E-state index contributed by atoms with van der Waals surface area (Å²) in [4.78, 5) is 36.0. The number of aromatic nitrogens is 1. The fourth-order valence-corrected chi connectivity index (χ4v) is 6.12. The van der Waals surface area contributed by atoms with E-state index in [-0.39, 0.29) is 23.8 Å². The van der Waals surface area contributed by atoms with Crippen LogP contribution in [0.1, 0.15) is 51.0 Å². The van der Waals surface area contributed by atoms with Crippen LogP contribution in [0.5, 0.6) is 0 Å². The van der Waals surface area contributed by atoms with Crippen LogP contribution in [0, 0.1) is 5.92 Å². The van der Waals surface area contributed by atoms with Crippen molar-refractivity contribution in [3.05, 3.63) is 78.0 Å². The first-order valence-electron chi connectivity index (χ1n) is 13.9. The molecule has 38 heavy (non-hydrogen) atoms. The molecule has 0 spiro atoms. The van der Waals surface area contributed by atoms with Crippen molar-refractivity contribution in [2.45, 2.75) is 56.9 Å². The summed E-state index contributed by atoms with van der Waals surface area (Å²) in [5, 5.41) is 3.33. The molecule has 2 aliphatic heterocycles. The van der Waals surface area contributed by atoms with Crippen LogP contribution in [0.2, 0.25) is 0 Å². The van der Waals surface area contributed by atoms with Gasteiger partial charge in [0.2, 0.25) is 11.8 Å². The van der Waals surface area contributed by atoms with E-state index in [2.05, 4.69) is 52.5 Å². The van der Waals surface area contributed by atoms with Gasteiger partial charge in [0.15, 0.2) is 0 Å². The molecule has 1 atom stereocenters. The molecule has 2 amide bonds. The summed E-state index contributed by atoms with van der Waals surface area (Å²) in [7, 11) is 0. The van der Waals surface area contributed by atoms with Crippen molar-refractivity contribution in [1.29, 1.82) is 0 Å². The maximum Gasteiger partial charge on any atom is 0.231 e. The van der Waals surface area contributed by atoms with Crippen LogP contribution in [0.15, 0.2) is 72.5 Å². The first kappa shape index (κ1) is 26.0. The minimum absolute atomic E-state index is 0.00608. The largest absolute Gasteiger partial charge is 0.397 e. The van der Waals surface area contributed by atoms with Gasteiger partial charge in [0.05, 0.1) is 17.3 Å². The molecular weight excluding hydrogens is 474 g/mol. The average Bonchev–Trinajstić information content (AvgIpc) is 2.98. The van der Waals surface area contributed by atoms with Crippen molar-refractivity contribution >= 4 is 23.3 Å². The van der Waals surface area contributed by atoms with Crippen molar-refractivity contribution in [3.8, 4) is 0 Å². The molecule has 1 aromatic heterocycles. The van der Waals surface area contributed by atoms with Crippen molar-refractivity contribution < 1.29 is 9.59 Å². The highest BCUT2D eigenvalue weighted by Gasteiger charge is 2.45. The average molecular weight is 514 g/mol. The zero-order chi connectivity index (χ0) is 26.5. The predicted octanol–water partition coefficient (Wildman–Crippen LogP) is 4.22. The van der Waals surface area contributed by atoms with Crippen LogP contribution >= 0.6 is 0 Å². The second-order valence-corrected chi connectivity index (χ2v) is 10.9. The van der Waals surface area contributed by atoms with Crippen molar-refractivity contribution in [2.24, 2.45) is 5.92 Å². The number of nitrogen functional groups attached to an aromatic ring is 1. The third-order valence-corrected chi connectivity index (χ3v) is 8.58. The number of nitrogens with zero attached hydrogens (tertiary/aromatic N) is 3. The molecule has 3 heterocycles. The zero-order valence-electron chi connectivity index (χ0n) is 22.3. The number of allylic oxidation sites excluding steroid dienone is 3. The van der Waals surface area contributed by atoms with Gasteiger partial charge in [-0.05, 0) is 68.7 Å². The number of rotatable bonds is 6. The number of benzene rings is 1. The van der Waals surface area contributed by atoms with Gasteiger partial charge in [-0.15, -0.1) is 0 Å². The Hall–Kier alpha value is -3.61. The molecule has 7 heteroatoms. The predicted molar refractivity (Wildman–Crippen MR) is 152 cm³/mol. The quantitative estimate of drug-likeness (QED) is 0.604. The highest BCUT2D eigenvalue weighted by atomic mass is 16.2. The van der Waals surface area contributed by atoms with Crippen LogP contribution in [-0.2, 0) is 15.0 Å². The monoisotopic (exact) mass is 513 g/mol. The van der Waals surface area contributed by atoms with Gasteiger partial charge in [-0.2, -0.15) is 0 Å². The third kappa shape index (κ3) is 5.47. The first-order valence-corrected chi connectivity index (χ1v) is 13.9.